The molecule has 6 heteroatoms. The molecule has 0 spiro atoms. The number of hydrogen-bond acceptors (Lipinski definition) is 2. The van der Waals surface area contributed by atoms with Gasteiger partial charge in [0.2, 0.25) is 0 Å². The van der Waals surface area contributed by atoms with Gasteiger partial charge in [0, 0.05) is 22.1 Å². The molecule has 1 unspecified atom stereocenters. The Morgan fingerprint density at radius 1 is 1.16 bits per heavy atom. The van der Waals surface area contributed by atoms with Crippen molar-refractivity contribution >= 4 is 27.6 Å². The minimum atomic E-state index is -0.252. The van der Waals surface area contributed by atoms with Crippen molar-refractivity contribution in [3.8, 4) is 5.69 Å². The van der Waals surface area contributed by atoms with Crippen molar-refractivity contribution in [3.05, 3.63) is 76.5 Å². The molecule has 3 aromatic rings. The van der Waals surface area contributed by atoms with Gasteiger partial charge in [-0.2, -0.15) is 5.10 Å². The molecule has 0 radical (unpaired) electrons. The largest absolute Gasteiger partial charge is 0.331 e. The zero-order valence-corrected chi connectivity index (χ0v) is 15.6. The van der Waals surface area contributed by atoms with Crippen LogP contribution in [0.3, 0.4) is 0 Å². The highest BCUT2D eigenvalue weighted by atomic mass is 79.9. The van der Waals surface area contributed by atoms with Gasteiger partial charge in [-0.05, 0) is 49.7 Å². The molecule has 0 saturated carbocycles. The first-order valence-corrected chi connectivity index (χ1v) is 8.77. The third-order valence-corrected chi connectivity index (χ3v) is 4.62. The first kappa shape index (κ1) is 17.2. The van der Waals surface area contributed by atoms with Crippen LogP contribution in [0.1, 0.15) is 24.2 Å². The zero-order valence-electron chi connectivity index (χ0n) is 14.0. The molecule has 1 aromatic heterocycles. The second-order valence-electron chi connectivity index (χ2n) is 5.78. The van der Waals surface area contributed by atoms with Crippen molar-refractivity contribution in [1.29, 1.82) is 0 Å². The van der Waals surface area contributed by atoms with E-state index in [1.165, 1.54) is 0 Å². The minimum absolute atomic E-state index is 0.118. The molecule has 0 aliphatic rings. The van der Waals surface area contributed by atoms with E-state index in [1.54, 1.807) is 6.20 Å². The Morgan fingerprint density at radius 3 is 2.68 bits per heavy atom. The first-order valence-electron chi connectivity index (χ1n) is 7.97. The lowest BCUT2D eigenvalue weighted by Gasteiger charge is -2.16. The van der Waals surface area contributed by atoms with Crippen molar-refractivity contribution in [1.82, 2.24) is 15.1 Å². The number of urea groups is 1. The average molecular weight is 399 g/mol. The SMILES string of the molecule is Cc1ccnn1-c1cccc(NC(=O)NC(C)c2ccccc2Br)c1. The maximum atomic E-state index is 12.3. The van der Waals surface area contributed by atoms with E-state index in [-0.39, 0.29) is 12.1 Å². The van der Waals surface area contributed by atoms with Crippen molar-refractivity contribution in [2.75, 3.05) is 5.32 Å². The van der Waals surface area contributed by atoms with Gasteiger partial charge in [0.15, 0.2) is 0 Å². The zero-order chi connectivity index (χ0) is 17.8. The second kappa shape index (κ2) is 7.53. The van der Waals surface area contributed by atoms with Crippen LogP contribution in [-0.2, 0) is 0 Å². The van der Waals surface area contributed by atoms with Crippen molar-refractivity contribution in [3.63, 3.8) is 0 Å². The van der Waals surface area contributed by atoms with Crippen molar-refractivity contribution in [2.24, 2.45) is 0 Å². The normalized spacial score (nSPS) is 11.8. The Morgan fingerprint density at radius 2 is 1.96 bits per heavy atom. The number of nitrogens with one attached hydrogen (secondary N) is 2. The molecule has 3 rings (SSSR count). The third-order valence-electron chi connectivity index (χ3n) is 3.90. The fourth-order valence-corrected chi connectivity index (χ4v) is 3.25. The quantitative estimate of drug-likeness (QED) is 0.661. The standard InChI is InChI=1S/C19H19BrN4O/c1-13-10-11-21-24(13)16-7-5-6-15(12-16)23-19(25)22-14(2)17-8-3-4-9-18(17)20/h3-12,14H,1-2H3,(H2,22,23,25). The predicted octanol–water partition coefficient (Wildman–Crippen LogP) is 4.83. The molecule has 5 nitrogen and oxygen atoms in total. The van der Waals surface area contributed by atoms with Crippen molar-refractivity contribution in [2.45, 2.75) is 19.9 Å². The van der Waals surface area contributed by atoms with Gasteiger partial charge in [-0.3, -0.25) is 0 Å². The number of nitrogens with zero attached hydrogens (tertiary/aromatic N) is 2. The summed E-state index contributed by atoms with van der Waals surface area (Å²) in [6.45, 7) is 3.93. The highest BCUT2D eigenvalue weighted by Gasteiger charge is 2.12. The van der Waals surface area contributed by atoms with E-state index in [4.69, 9.17) is 0 Å². The van der Waals surface area contributed by atoms with Crippen LogP contribution < -0.4 is 10.6 Å². The molecule has 0 fully saturated rings. The van der Waals surface area contributed by atoms with Gasteiger partial charge in [-0.1, -0.05) is 40.2 Å². The van der Waals surface area contributed by atoms with Crippen LogP contribution in [0.25, 0.3) is 5.69 Å². The molecule has 1 atom stereocenters. The van der Waals surface area contributed by atoms with Crippen LogP contribution in [0, 0.1) is 6.92 Å². The molecule has 0 aliphatic carbocycles. The number of rotatable bonds is 4. The highest BCUT2D eigenvalue weighted by Crippen LogP contribution is 2.23. The van der Waals surface area contributed by atoms with E-state index in [9.17, 15) is 4.79 Å². The maximum Gasteiger partial charge on any atom is 0.319 e. The maximum absolute atomic E-state index is 12.3. The number of benzene rings is 2. The number of anilines is 1. The molecule has 1 heterocycles. The van der Waals surface area contributed by atoms with E-state index in [0.29, 0.717) is 5.69 Å². The molecule has 2 N–H and O–H groups in total. The molecule has 2 amide bonds. The molecular weight excluding hydrogens is 380 g/mol. The van der Waals surface area contributed by atoms with Crippen LogP contribution in [-0.4, -0.2) is 15.8 Å². The van der Waals surface area contributed by atoms with Gasteiger partial charge in [-0.25, -0.2) is 9.48 Å². The second-order valence-corrected chi connectivity index (χ2v) is 6.63. The Labute approximate surface area is 155 Å². The Hall–Kier alpha value is -2.60. The lowest BCUT2D eigenvalue weighted by molar-refractivity contribution is 0.249. The van der Waals surface area contributed by atoms with Crippen LogP contribution >= 0.6 is 15.9 Å². The summed E-state index contributed by atoms with van der Waals surface area (Å²) in [6, 6.07) is 17.0. The summed E-state index contributed by atoms with van der Waals surface area (Å²) < 4.78 is 2.80. The third kappa shape index (κ3) is 4.09. The van der Waals surface area contributed by atoms with E-state index >= 15 is 0 Å². The number of halogens is 1. The van der Waals surface area contributed by atoms with E-state index in [2.05, 4.69) is 31.7 Å². The number of carbonyl (C=O) groups excluding carboxylic acids is 1. The summed E-state index contributed by atoms with van der Waals surface area (Å²) in [5, 5.41) is 10.1. The Balaban J connectivity index is 1.69. The Kier molecular flexibility index (Phi) is 5.19. The molecule has 0 saturated heterocycles. The summed E-state index contributed by atoms with van der Waals surface area (Å²) in [6.07, 6.45) is 1.75. The van der Waals surface area contributed by atoms with Crippen molar-refractivity contribution < 1.29 is 4.79 Å². The first-order chi connectivity index (χ1) is 12.0. The minimum Gasteiger partial charge on any atom is -0.331 e. The average Bonchev–Trinajstić information content (AvgIpc) is 3.01. The molecular formula is C19H19BrN4O. The summed E-state index contributed by atoms with van der Waals surface area (Å²) in [5.74, 6) is 0. The number of aryl methyl sites for hydroxylation is 1. The summed E-state index contributed by atoms with van der Waals surface area (Å²) in [5.41, 5.74) is 3.67. The topological polar surface area (TPSA) is 59.0 Å². The molecule has 25 heavy (non-hydrogen) atoms. The molecule has 128 valence electrons. The number of carbonyl (C=O) groups is 1. The van der Waals surface area contributed by atoms with Gasteiger partial charge < -0.3 is 10.6 Å². The summed E-state index contributed by atoms with van der Waals surface area (Å²) in [4.78, 5) is 12.3. The van der Waals surface area contributed by atoms with Crippen LogP contribution in [0.4, 0.5) is 10.5 Å². The fourth-order valence-electron chi connectivity index (χ4n) is 2.62. The Bertz CT molecular complexity index is 890. The smallest absolute Gasteiger partial charge is 0.319 e. The molecule has 0 aliphatic heterocycles. The molecule has 2 aromatic carbocycles. The van der Waals surface area contributed by atoms with Crippen LogP contribution in [0.5, 0.6) is 0 Å². The van der Waals surface area contributed by atoms with Gasteiger partial charge in [0.1, 0.15) is 0 Å². The van der Waals surface area contributed by atoms with Crippen LogP contribution in [0.2, 0.25) is 0 Å². The van der Waals surface area contributed by atoms with Gasteiger partial charge in [-0.15, -0.1) is 0 Å². The van der Waals surface area contributed by atoms with E-state index in [1.807, 2.05) is 73.1 Å². The summed E-state index contributed by atoms with van der Waals surface area (Å²) in [7, 11) is 0. The predicted molar refractivity (Wildman–Crippen MR) is 103 cm³/mol. The number of aromatic nitrogens is 2. The van der Waals surface area contributed by atoms with Gasteiger partial charge >= 0.3 is 6.03 Å². The van der Waals surface area contributed by atoms with E-state index < -0.39 is 0 Å². The van der Waals surface area contributed by atoms with E-state index in [0.717, 1.165) is 21.4 Å². The number of hydrogen-bond donors (Lipinski definition) is 2. The fraction of sp³-hybridized carbons (Fsp3) is 0.158. The monoisotopic (exact) mass is 398 g/mol. The van der Waals surface area contributed by atoms with Gasteiger partial charge in [0.05, 0.1) is 11.7 Å². The molecule has 0 bridgehead atoms. The lowest BCUT2D eigenvalue weighted by atomic mass is 10.1. The number of amides is 2. The van der Waals surface area contributed by atoms with Gasteiger partial charge in [0.25, 0.3) is 0 Å². The summed E-state index contributed by atoms with van der Waals surface area (Å²) >= 11 is 3.51. The highest BCUT2D eigenvalue weighted by molar-refractivity contribution is 9.10. The lowest BCUT2D eigenvalue weighted by Crippen LogP contribution is -2.31. The van der Waals surface area contributed by atoms with Crippen LogP contribution in [0.15, 0.2) is 65.3 Å².